The Morgan fingerprint density at radius 1 is 0.839 bits per heavy atom. The molecule has 0 saturated carbocycles. The summed E-state index contributed by atoms with van der Waals surface area (Å²) in [6, 6.07) is 16.4. The van der Waals surface area contributed by atoms with Crippen LogP contribution in [0.25, 0.3) is 0 Å². The predicted molar refractivity (Wildman–Crippen MR) is 114 cm³/mol. The standard InChI is InChI=1S/C24H20F2N2O3/c1-30-22-12-3-15(13-23(22)31-2)21-14-20(27-18-8-4-16(25)5-9-18)24(29)28(21)19-10-6-17(26)7-11-19/h3-14,21,27H,1-2H3/t21-/m0/s1. The van der Waals surface area contributed by atoms with Crippen molar-refractivity contribution >= 4 is 17.3 Å². The van der Waals surface area contributed by atoms with Crippen LogP contribution in [0.1, 0.15) is 11.6 Å². The first-order valence-corrected chi connectivity index (χ1v) is 9.55. The number of carbonyl (C=O) groups excluding carboxylic acids is 1. The predicted octanol–water partition coefficient (Wildman–Crippen LogP) is 5.07. The van der Waals surface area contributed by atoms with Gasteiger partial charge in [0.1, 0.15) is 17.3 Å². The number of hydrogen-bond donors (Lipinski definition) is 1. The molecule has 1 atom stereocenters. The summed E-state index contributed by atoms with van der Waals surface area (Å²) in [5, 5.41) is 3.05. The Labute approximate surface area is 178 Å². The fourth-order valence-electron chi connectivity index (χ4n) is 3.51. The molecule has 0 aromatic heterocycles. The van der Waals surface area contributed by atoms with Gasteiger partial charge in [-0.1, -0.05) is 6.07 Å². The van der Waals surface area contributed by atoms with Crippen LogP contribution in [-0.4, -0.2) is 20.1 Å². The van der Waals surface area contributed by atoms with Crippen LogP contribution in [0.5, 0.6) is 11.5 Å². The molecule has 1 N–H and O–H groups in total. The lowest BCUT2D eigenvalue weighted by Crippen LogP contribution is -2.30. The number of rotatable bonds is 6. The van der Waals surface area contributed by atoms with E-state index < -0.39 is 11.9 Å². The second kappa shape index (κ2) is 8.47. The number of hydrogen-bond acceptors (Lipinski definition) is 4. The van der Waals surface area contributed by atoms with E-state index in [2.05, 4.69) is 5.32 Å². The van der Waals surface area contributed by atoms with Gasteiger partial charge in [0.15, 0.2) is 11.5 Å². The van der Waals surface area contributed by atoms with E-state index in [1.807, 2.05) is 6.07 Å². The van der Waals surface area contributed by atoms with Crippen LogP contribution in [0, 0.1) is 11.6 Å². The summed E-state index contributed by atoms with van der Waals surface area (Å²) in [7, 11) is 3.09. The Morgan fingerprint density at radius 3 is 2.06 bits per heavy atom. The molecule has 5 nitrogen and oxygen atoms in total. The highest BCUT2D eigenvalue weighted by Crippen LogP contribution is 2.39. The van der Waals surface area contributed by atoms with Gasteiger partial charge in [0, 0.05) is 11.4 Å². The lowest BCUT2D eigenvalue weighted by molar-refractivity contribution is -0.114. The van der Waals surface area contributed by atoms with Crippen molar-refractivity contribution < 1.29 is 23.0 Å². The minimum Gasteiger partial charge on any atom is -0.493 e. The van der Waals surface area contributed by atoms with E-state index in [1.54, 1.807) is 54.5 Å². The molecule has 1 heterocycles. The molecule has 7 heteroatoms. The number of nitrogens with one attached hydrogen (secondary N) is 1. The number of ether oxygens (including phenoxy) is 2. The van der Waals surface area contributed by atoms with Crippen molar-refractivity contribution in [3.8, 4) is 11.5 Å². The highest BCUT2D eigenvalue weighted by molar-refractivity contribution is 6.11. The highest BCUT2D eigenvalue weighted by Gasteiger charge is 2.35. The summed E-state index contributed by atoms with van der Waals surface area (Å²) in [6.45, 7) is 0. The summed E-state index contributed by atoms with van der Waals surface area (Å²) in [6.07, 6.45) is 1.77. The molecule has 0 unspecified atom stereocenters. The summed E-state index contributed by atoms with van der Waals surface area (Å²) in [5.41, 5.74) is 2.23. The third-order valence-electron chi connectivity index (χ3n) is 5.03. The minimum absolute atomic E-state index is 0.296. The molecule has 0 radical (unpaired) electrons. The molecule has 0 bridgehead atoms. The van der Waals surface area contributed by atoms with Crippen molar-refractivity contribution in [1.29, 1.82) is 0 Å². The van der Waals surface area contributed by atoms with Crippen molar-refractivity contribution in [3.05, 3.63) is 95.7 Å². The first kappa shape index (κ1) is 20.4. The Kier molecular flexibility index (Phi) is 5.58. The zero-order valence-corrected chi connectivity index (χ0v) is 16.9. The molecule has 3 aromatic carbocycles. The van der Waals surface area contributed by atoms with Crippen molar-refractivity contribution in [2.24, 2.45) is 0 Å². The van der Waals surface area contributed by atoms with Gasteiger partial charge >= 0.3 is 0 Å². The zero-order chi connectivity index (χ0) is 22.0. The third kappa shape index (κ3) is 4.07. The van der Waals surface area contributed by atoms with Crippen LogP contribution in [-0.2, 0) is 4.79 Å². The van der Waals surface area contributed by atoms with E-state index in [0.29, 0.717) is 28.6 Å². The number of methoxy groups -OCH3 is 2. The normalized spacial score (nSPS) is 15.6. The van der Waals surface area contributed by atoms with E-state index in [-0.39, 0.29) is 11.7 Å². The van der Waals surface area contributed by atoms with Gasteiger partial charge in [0.25, 0.3) is 5.91 Å². The van der Waals surface area contributed by atoms with Gasteiger partial charge in [-0.25, -0.2) is 8.78 Å². The van der Waals surface area contributed by atoms with Crippen LogP contribution in [0.4, 0.5) is 20.2 Å². The number of halogens is 2. The van der Waals surface area contributed by atoms with Crippen molar-refractivity contribution in [2.45, 2.75) is 6.04 Å². The van der Waals surface area contributed by atoms with Crippen molar-refractivity contribution in [3.63, 3.8) is 0 Å². The Hall–Kier alpha value is -3.87. The zero-order valence-electron chi connectivity index (χ0n) is 16.9. The summed E-state index contributed by atoms with van der Waals surface area (Å²) in [5.74, 6) is 0.0391. The molecule has 1 aliphatic rings. The van der Waals surface area contributed by atoms with Crippen LogP contribution < -0.4 is 19.7 Å². The quantitative estimate of drug-likeness (QED) is 0.603. The van der Waals surface area contributed by atoms with Crippen molar-refractivity contribution in [2.75, 3.05) is 24.4 Å². The number of anilines is 2. The molecule has 3 aromatic rings. The maximum Gasteiger partial charge on any atom is 0.275 e. The number of nitrogens with zero attached hydrogens (tertiary/aromatic N) is 1. The molecule has 0 fully saturated rings. The van der Waals surface area contributed by atoms with E-state index in [9.17, 15) is 13.6 Å². The Balaban J connectivity index is 1.75. The molecule has 1 aliphatic heterocycles. The van der Waals surface area contributed by atoms with Gasteiger partial charge < -0.3 is 14.8 Å². The van der Waals surface area contributed by atoms with Crippen molar-refractivity contribution in [1.82, 2.24) is 0 Å². The van der Waals surface area contributed by atoms with Gasteiger partial charge in [0.05, 0.1) is 20.3 Å². The summed E-state index contributed by atoms with van der Waals surface area (Å²) < 4.78 is 37.4. The monoisotopic (exact) mass is 422 g/mol. The Bertz CT molecular complexity index is 1130. The lowest BCUT2D eigenvalue weighted by atomic mass is 10.1. The van der Waals surface area contributed by atoms with Crippen LogP contribution >= 0.6 is 0 Å². The highest BCUT2D eigenvalue weighted by atomic mass is 19.1. The largest absolute Gasteiger partial charge is 0.493 e. The first-order valence-electron chi connectivity index (χ1n) is 9.55. The smallest absolute Gasteiger partial charge is 0.275 e. The first-order chi connectivity index (χ1) is 15.0. The van der Waals surface area contributed by atoms with Gasteiger partial charge in [-0.15, -0.1) is 0 Å². The molecule has 1 amide bonds. The fraction of sp³-hybridized carbons (Fsp3) is 0.125. The van der Waals surface area contributed by atoms with Gasteiger partial charge in [-0.2, -0.15) is 0 Å². The molecular weight excluding hydrogens is 402 g/mol. The molecule has 31 heavy (non-hydrogen) atoms. The van der Waals surface area contributed by atoms with Crippen LogP contribution in [0.3, 0.4) is 0 Å². The molecule has 0 aliphatic carbocycles. The van der Waals surface area contributed by atoms with Gasteiger partial charge in [0.2, 0.25) is 0 Å². The summed E-state index contributed by atoms with van der Waals surface area (Å²) in [4.78, 5) is 14.9. The van der Waals surface area contributed by atoms with Crippen LogP contribution in [0.2, 0.25) is 0 Å². The maximum absolute atomic E-state index is 13.5. The number of amides is 1. The molecule has 0 spiro atoms. The van der Waals surface area contributed by atoms with E-state index >= 15 is 0 Å². The average molecular weight is 422 g/mol. The number of benzene rings is 3. The van der Waals surface area contributed by atoms with Gasteiger partial charge in [-0.3, -0.25) is 9.69 Å². The van der Waals surface area contributed by atoms with E-state index in [1.165, 1.54) is 31.4 Å². The summed E-state index contributed by atoms with van der Waals surface area (Å²) >= 11 is 0. The lowest BCUT2D eigenvalue weighted by Gasteiger charge is -2.26. The van der Waals surface area contributed by atoms with Crippen LogP contribution in [0.15, 0.2) is 78.5 Å². The fourth-order valence-corrected chi connectivity index (χ4v) is 3.51. The average Bonchev–Trinajstić information content (AvgIpc) is 3.11. The molecule has 0 saturated heterocycles. The second-order valence-corrected chi connectivity index (χ2v) is 6.92. The SMILES string of the molecule is COc1ccc([C@@H]2C=C(Nc3ccc(F)cc3)C(=O)N2c2ccc(F)cc2)cc1OC. The van der Waals surface area contributed by atoms with Gasteiger partial charge in [-0.05, 0) is 72.3 Å². The number of carbonyl (C=O) groups is 1. The Morgan fingerprint density at radius 2 is 1.45 bits per heavy atom. The topological polar surface area (TPSA) is 50.8 Å². The molecule has 158 valence electrons. The van der Waals surface area contributed by atoms with E-state index in [0.717, 1.165) is 5.56 Å². The molecule has 4 rings (SSSR count). The third-order valence-corrected chi connectivity index (χ3v) is 5.03. The second-order valence-electron chi connectivity index (χ2n) is 6.92. The maximum atomic E-state index is 13.5. The van der Waals surface area contributed by atoms with E-state index in [4.69, 9.17) is 9.47 Å². The minimum atomic E-state index is -0.472. The molecular formula is C24H20F2N2O3.